The molecular weight excluding hydrogens is 661 g/mol. The number of furan rings is 1. The zero-order valence-electron chi connectivity index (χ0n) is 22.3. The Balaban J connectivity index is 0.000000193. The molecule has 6 rings (SSSR count). The monoisotopic (exact) mass is 691 g/mol. The molecule has 0 saturated heterocycles. The maximum atomic E-state index is 5.90. The summed E-state index contributed by atoms with van der Waals surface area (Å²) in [6.07, 6.45) is 1.88. The maximum Gasteiger partial charge on any atom is 0.218 e. The fourth-order valence-electron chi connectivity index (χ4n) is 4.10. The Morgan fingerprint density at radius 1 is 0.711 bits per heavy atom. The van der Waals surface area contributed by atoms with Gasteiger partial charge in [0.2, 0.25) is 5.71 Å². The molecule has 6 aromatic rings. The van der Waals surface area contributed by atoms with Crippen molar-refractivity contribution in [2.45, 2.75) is 33.5 Å². The zero-order valence-corrected chi connectivity index (χ0v) is 25.7. The standard InChI is InChI=1S/C20H18NOSi.C13H12N.Ir/c1-23(2,3)15-8-6-7-14(13-15)18-12-11-17-16-9-4-5-10-19(16)22-20(17)21-18;1-10-3-6-12(7-4-10)13-8-5-11(2)9-14-13;/h4-12H,1-3H3;3-6,8-9H,1-2H3;/q2*-1;. The Labute approximate surface area is 239 Å². The third kappa shape index (κ3) is 6.19. The number of pyridine rings is 2. The molecule has 3 aromatic carbocycles. The molecule has 0 spiro atoms. The van der Waals surface area contributed by atoms with Crippen LogP contribution in [0.25, 0.3) is 44.6 Å². The predicted molar refractivity (Wildman–Crippen MR) is 157 cm³/mol. The fraction of sp³-hybridized carbons (Fsp3) is 0.152. The van der Waals surface area contributed by atoms with E-state index in [-0.39, 0.29) is 20.1 Å². The quantitative estimate of drug-likeness (QED) is 0.139. The number of benzene rings is 3. The maximum absolute atomic E-state index is 5.90. The van der Waals surface area contributed by atoms with E-state index in [0.29, 0.717) is 5.71 Å². The van der Waals surface area contributed by atoms with Crippen molar-refractivity contribution in [3.63, 3.8) is 0 Å². The second-order valence-electron chi connectivity index (χ2n) is 10.4. The van der Waals surface area contributed by atoms with Gasteiger partial charge in [0.15, 0.2) is 0 Å². The molecule has 0 atom stereocenters. The second kappa shape index (κ2) is 11.6. The van der Waals surface area contributed by atoms with Gasteiger partial charge in [-0.3, -0.25) is 4.98 Å². The molecule has 0 amide bonds. The molecule has 3 nitrogen and oxygen atoms in total. The molecule has 3 heterocycles. The molecule has 0 fully saturated rings. The number of fused-ring (bicyclic) bond motifs is 3. The van der Waals surface area contributed by atoms with Gasteiger partial charge in [0, 0.05) is 37.1 Å². The second-order valence-corrected chi connectivity index (χ2v) is 15.4. The summed E-state index contributed by atoms with van der Waals surface area (Å²) in [4.78, 5) is 9.07. The first-order valence-corrected chi connectivity index (χ1v) is 16.0. The van der Waals surface area contributed by atoms with Gasteiger partial charge in [-0.15, -0.1) is 70.4 Å². The van der Waals surface area contributed by atoms with Crippen LogP contribution in [0.5, 0.6) is 0 Å². The molecule has 193 valence electrons. The average Bonchev–Trinajstić information content (AvgIpc) is 3.28. The smallest absolute Gasteiger partial charge is 0.218 e. The molecule has 0 aliphatic carbocycles. The van der Waals surface area contributed by atoms with Crippen molar-refractivity contribution in [1.29, 1.82) is 0 Å². The van der Waals surface area contributed by atoms with Gasteiger partial charge >= 0.3 is 0 Å². The summed E-state index contributed by atoms with van der Waals surface area (Å²) < 4.78 is 5.90. The predicted octanol–water partition coefficient (Wildman–Crippen LogP) is 8.16. The normalized spacial score (nSPS) is 11.1. The largest absolute Gasteiger partial charge is 0.439 e. The fourth-order valence-corrected chi connectivity index (χ4v) is 5.21. The Morgan fingerprint density at radius 3 is 2.18 bits per heavy atom. The molecule has 0 aliphatic heterocycles. The van der Waals surface area contributed by atoms with Crippen LogP contribution in [0.2, 0.25) is 19.6 Å². The van der Waals surface area contributed by atoms with Crippen molar-refractivity contribution in [3.8, 4) is 22.5 Å². The van der Waals surface area contributed by atoms with Gasteiger partial charge < -0.3 is 9.40 Å². The van der Waals surface area contributed by atoms with Gasteiger partial charge in [0.25, 0.3) is 0 Å². The van der Waals surface area contributed by atoms with Crippen molar-refractivity contribution in [1.82, 2.24) is 9.97 Å². The van der Waals surface area contributed by atoms with E-state index in [0.717, 1.165) is 38.9 Å². The number of rotatable bonds is 3. The first-order valence-electron chi connectivity index (χ1n) is 12.5. The topological polar surface area (TPSA) is 38.9 Å². The van der Waals surface area contributed by atoms with E-state index in [9.17, 15) is 0 Å². The average molecular weight is 691 g/mol. The van der Waals surface area contributed by atoms with Gasteiger partial charge in [-0.2, -0.15) is 0 Å². The molecule has 0 N–H and O–H groups in total. The molecule has 1 radical (unpaired) electrons. The van der Waals surface area contributed by atoms with E-state index in [1.807, 2.05) is 49.5 Å². The minimum absolute atomic E-state index is 0. The summed E-state index contributed by atoms with van der Waals surface area (Å²) in [6, 6.07) is 35.5. The van der Waals surface area contributed by atoms with Gasteiger partial charge in [-0.05, 0) is 29.9 Å². The number of para-hydroxylation sites is 1. The minimum atomic E-state index is -1.38. The summed E-state index contributed by atoms with van der Waals surface area (Å²) in [7, 11) is -1.38. The molecular formula is C33H30IrN2OSi-2. The number of nitrogens with zero attached hydrogens (tertiary/aromatic N) is 2. The van der Waals surface area contributed by atoms with E-state index < -0.39 is 8.07 Å². The summed E-state index contributed by atoms with van der Waals surface area (Å²) in [5.41, 5.74) is 7.96. The van der Waals surface area contributed by atoms with Gasteiger partial charge in [-0.1, -0.05) is 69.0 Å². The Kier molecular flexibility index (Phi) is 8.42. The Hall–Kier alpha value is -3.37. The molecule has 38 heavy (non-hydrogen) atoms. The zero-order chi connectivity index (χ0) is 26.0. The third-order valence-corrected chi connectivity index (χ3v) is 8.19. The van der Waals surface area contributed by atoms with Gasteiger partial charge in [-0.25, -0.2) is 0 Å². The summed E-state index contributed by atoms with van der Waals surface area (Å²) in [6.45, 7) is 11.1. The molecule has 0 bridgehead atoms. The van der Waals surface area contributed by atoms with Crippen LogP contribution >= 0.6 is 0 Å². The summed E-state index contributed by atoms with van der Waals surface area (Å²) >= 11 is 0. The first-order chi connectivity index (χ1) is 17.8. The van der Waals surface area contributed by atoms with E-state index in [2.05, 4.69) is 92.2 Å². The molecule has 5 heteroatoms. The molecule has 0 aliphatic rings. The van der Waals surface area contributed by atoms with Crippen molar-refractivity contribution in [2.24, 2.45) is 0 Å². The first kappa shape index (κ1) is 27.7. The minimum Gasteiger partial charge on any atom is -0.439 e. The van der Waals surface area contributed by atoms with Crippen molar-refractivity contribution in [3.05, 3.63) is 114 Å². The molecule has 3 aromatic heterocycles. The number of hydrogen-bond acceptors (Lipinski definition) is 3. The third-order valence-electron chi connectivity index (χ3n) is 6.28. The van der Waals surface area contributed by atoms with Crippen LogP contribution in [0.15, 0.2) is 95.5 Å². The van der Waals surface area contributed by atoms with Crippen molar-refractivity contribution in [2.75, 3.05) is 0 Å². The van der Waals surface area contributed by atoms with Crippen molar-refractivity contribution < 1.29 is 24.5 Å². The van der Waals surface area contributed by atoms with Crippen LogP contribution in [-0.4, -0.2) is 18.0 Å². The van der Waals surface area contributed by atoms with E-state index in [4.69, 9.17) is 9.40 Å². The molecule has 0 unspecified atom stereocenters. The van der Waals surface area contributed by atoms with E-state index in [1.165, 1.54) is 16.3 Å². The number of aryl methyl sites for hydroxylation is 2. The van der Waals surface area contributed by atoms with Crippen molar-refractivity contribution >= 4 is 35.3 Å². The summed E-state index contributed by atoms with van der Waals surface area (Å²) in [5, 5.41) is 3.49. The van der Waals surface area contributed by atoms with Gasteiger partial charge in [0.1, 0.15) is 5.58 Å². The Bertz CT molecular complexity index is 1620. The van der Waals surface area contributed by atoms with Crippen LogP contribution in [0.3, 0.4) is 0 Å². The summed E-state index contributed by atoms with van der Waals surface area (Å²) in [5.74, 6) is 0. The van der Waals surface area contributed by atoms with E-state index in [1.54, 1.807) is 0 Å². The van der Waals surface area contributed by atoms with Crippen LogP contribution < -0.4 is 5.19 Å². The Morgan fingerprint density at radius 2 is 1.47 bits per heavy atom. The van der Waals surface area contributed by atoms with E-state index >= 15 is 0 Å². The number of hydrogen-bond donors (Lipinski definition) is 0. The van der Waals surface area contributed by atoms with Crippen LogP contribution in [-0.2, 0) is 20.1 Å². The number of aromatic nitrogens is 2. The van der Waals surface area contributed by atoms with Gasteiger partial charge in [0.05, 0.1) is 8.07 Å². The SMILES string of the molecule is C[Si](C)(C)c1[c-]c(-c2ccc3c(n2)oc2ccccc23)ccc1.Cc1c[c-]c(-c2ccc(C)cn2)cc1.[Ir]. The molecule has 0 saturated carbocycles. The van der Waals surface area contributed by atoms with Crippen LogP contribution in [0, 0.1) is 26.0 Å². The van der Waals surface area contributed by atoms with Crippen LogP contribution in [0.4, 0.5) is 0 Å². The van der Waals surface area contributed by atoms with Crippen LogP contribution in [0.1, 0.15) is 11.1 Å².